The van der Waals surface area contributed by atoms with E-state index in [0.29, 0.717) is 11.3 Å². The minimum absolute atomic E-state index is 0.281. The molecule has 0 spiro atoms. The van der Waals surface area contributed by atoms with Crippen LogP contribution in [0.3, 0.4) is 0 Å². The number of pyridine rings is 2. The molecule has 0 saturated carbocycles. The van der Waals surface area contributed by atoms with Crippen LogP contribution in [0.25, 0.3) is 28.2 Å². The number of fused-ring (bicyclic) bond motifs is 1. The predicted molar refractivity (Wildman–Crippen MR) is 83.8 cm³/mol. The number of hydrogen-bond acceptors (Lipinski definition) is 2. The maximum absolute atomic E-state index is 14.2. The fourth-order valence-electron chi connectivity index (χ4n) is 2.62. The Morgan fingerprint density at radius 1 is 0.909 bits per heavy atom. The van der Waals surface area contributed by atoms with Gasteiger partial charge >= 0.3 is 0 Å². The zero-order valence-electron chi connectivity index (χ0n) is 11.6. The monoisotopic (exact) mass is 289 g/mol. The Labute approximate surface area is 126 Å². The maximum Gasteiger partial charge on any atom is 0.137 e. The lowest BCUT2D eigenvalue weighted by molar-refractivity contribution is 0.631. The quantitative estimate of drug-likeness (QED) is 0.553. The average Bonchev–Trinajstić information content (AvgIpc) is 2.95. The predicted octanol–water partition coefficient (Wildman–Crippen LogP) is 4.20. The lowest BCUT2D eigenvalue weighted by Crippen LogP contribution is -1.91. The van der Waals surface area contributed by atoms with Crippen molar-refractivity contribution in [2.75, 3.05) is 0 Å². The number of benzene rings is 1. The minimum Gasteiger partial charge on any atom is -0.299 e. The summed E-state index contributed by atoms with van der Waals surface area (Å²) in [6.45, 7) is 0. The van der Waals surface area contributed by atoms with Crippen LogP contribution in [0.2, 0.25) is 0 Å². The molecular weight excluding hydrogens is 277 g/mol. The van der Waals surface area contributed by atoms with Gasteiger partial charge in [0.25, 0.3) is 0 Å². The van der Waals surface area contributed by atoms with Crippen LogP contribution in [-0.2, 0) is 0 Å². The molecule has 1 aromatic carbocycles. The molecule has 4 rings (SSSR count). The van der Waals surface area contributed by atoms with Gasteiger partial charge in [0.1, 0.15) is 17.2 Å². The van der Waals surface area contributed by atoms with E-state index in [0.717, 1.165) is 16.9 Å². The van der Waals surface area contributed by atoms with E-state index < -0.39 is 0 Å². The van der Waals surface area contributed by atoms with E-state index in [2.05, 4.69) is 9.97 Å². The van der Waals surface area contributed by atoms with Gasteiger partial charge in [-0.05, 0) is 36.4 Å². The molecule has 0 fully saturated rings. The highest BCUT2D eigenvalue weighted by Gasteiger charge is 2.17. The molecule has 0 radical (unpaired) electrons. The van der Waals surface area contributed by atoms with Crippen LogP contribution < -0.4 is 0 Å². The second-order valence-corrected chi connectivity index (χ2v) is 4.96. The summed E-state index contributed by atoms with van der Waals surface area (Å²) in [5, 5.41) is 0. The molecule has 3 heterocycles. The van der Waals surface area contributed by atoms with Crippen LogP contribution in [0.5, 0.6) is 0 Å². The second kappa shape index (κ2) is 5.07. The Morgan fingerprint density at radius 3 is 2.59 bits per heavy atom. The summed E-state index contributed by atoms with van der Waals surface area (Å²) in [6.07, 6.45) is 5.41. The molecule has 0 aliphatic carbocycles. The van der Waals surface area contributed by atoms with E-state index in [4.69, 9.17) is 0 Å². The van der Waals surface area contributed by atoms with E-state index in [1.54, 1.807) is 24.5 Å². The van der Waals surface area contributed by atoms with E-state index in [1.807, 2.05) is 47.0 Å². The third-order valence-corrected chi connectivity index (χ3v) is 3.59. The van der Waals surface area contributed by atoms with Gasteiger partial charge in [-0.25, -0.2) is 9.37 Å². The summed E-state index contributed by atoms with van der Waals surface area (Å²) in [6, 6.07) is 16.3. The molecule has 0 unspecified atom stereocenters. The normalized spacial score (nSPS) is 11.0. The van der Waals surface area contributed by atoms with E-state index in [9.17, 15) is 4.39 Å². The molecule has 0 amide bonds. The number of imidazole rings is 1. The molecule has 0 aliphatic rings. The van der Waals surface area contributed by atoms with Crippen molar-refractivity contribution in [3.05, 3.63) is 79.0 Å². The van der Waals surface area contributed by atoms with Crippen LogP contribution in [0.1, 0.15) is 0 Å². The lowest BCUT2D eigenvalue weighted by atomic mass is 10.1. The largest absolute Gasteiger partial charge is 0.299 e. The molecule has 0 aliphatic heterocycles. The zero-order chi connectivity index (χ0) is 14.9. The van der Waals surface area contributed by atoms with Crippen molar-refractivity contribution >= 4 is 5.65 Å². The maximum atomic E-state index is 14.2. The van der Waals surface area contributed by atoms with E-state index in [1.165, 1.54) is 6.07 Å². The van der Waals surface area contributed by atoms with Crippen LogP contribution in [0.4, 0.5) is 4.39 Å². The van der Waals surface area contributed by atoms with Gasteiger partial charge in [-0.15, -0.1) is 0 Å². The van der Waals surface area contributed by atoms with E-state index >= 15 is 0 Å². The van der Waals surface area contributed by atoms with Crippen LogP contribution in [0.15, 0.2) is 73.2 Å². The van der Waals surface area contributed by atoms with Gasteiger partial charge in [0.2, 0.25) is 0 Å². The molecule has 0 atom stereocenters. The van der Waals surface area contributed by atoms with Gasteiger partial charge in [0, 0.05) is 29.7 Å². The van der Waals surface area contributed by atoms with Crippen molar-refractivity contribution in [3.63, 3.8) is 0 Å². The average molecular weight is 289 g/mol. The highest BCUT2D eigenvalue weighted by atomic mass is 19.1. The Balaban J connectivity index is 2.09. The fourth-order valence-corrected chi connectivity index (χ4v) is 2.62. The first-order chi connectivity index (χ1) is 10.8. The fraction of sp³-hybridized carbons (Fsp3) is 0. The zero-order valence-corrected chi connectivity index (χ0v) is 11.6. The van der Waals surface area contributed by atoms with E-state index in [-0.39, 0.29) is 5.82 Å². The first kappa shape index (κ1) is 12.7. The molecule has 22 heavy (non-hydrogen) atoms. The molecule has 4 aromatic rings. The number of rotatable bonds is 2. The van der Waals surface area contributed by atoms with Crippen LogP contribution in [0, 0.1) is 5.82 Å². The minimum atomic E-state index is -0.281. The van der Waals surface area contributed by atoms with Crippen molar-refractivity contribution in [3.8, 4) is 22.5 Å². The van der Waals surface area contributed by atoms with Gasteiger partial charge in [-0.3, -0.25) is 9.38 Å². The highest BCUT2D eigenvalue weighted by Crippen LogP contribution is 2.33. The first-order valence-electron chi connectivity index (χ1n) is 6.97. The smallest absolute Gasteiger partial charge is 0.137 e. The van der Waals surface area contributed by atoms with Crippen molar-refractivity contribution in [2.45, 2.75) is 0 Å². The summed E-state index contributed by atoms with van der Waals surface area (Å²) in [5.74, 6) is -0.281. The molecule has 0 saturated heterocycles. The number of halogens is 1. The molecule has 0 bridgehead atoms. The van der Waals surface area contributed by atoms with Gasteiger partial charge < -0.3 is 0 Å². The molecule has 3 aromatic heterocycles. The number of nitrogens with zero attached hydrogens (tertiary/aromatic N) is 3. The van der Waals surface area contributed by atoms with Gasteiger partial charge in [-0.1, -0.05) is 18.2 Å². The summed E-state index contributed by atoms with van der Waals surface area (Å²) in [5.41, 5.74) is 3.63. The number of aromatic nitrogens is 3. The van der Waals surface area contributed by atoms with Crippen molar-refractivity contribution in [1.82, 2.24) is 14.4 Å². The Hall–Kier alpha value is -3.01. The third kappa shape index (κ3) is 1.97. The molecule has 3 nitrogen and oxygen atoms in total. The van der Waals surface area contributed by atoms with Crippen molar-refractivity contribution in [1.29, 1.82) is 0 Å². The standard InChI is InChI=1S/C18H12FN3/c19-15-8-2-1-7-14(15)17-18(13-6-5-10-20-12-13)22-11-4-3-9-16(22)21-17/h1-12H. The Kier molecular flexibility index (Phi) is 2.93. The van der Waals surface area contributed by atoms with Gasteiger partial charge in [-0.2, -0.15) is 0 Å². The SMILES string of the molecule is Fc1ccccc1-c1nc2ccccn2c1-c1cccnc1. The van der Waals surface area contributed by atoms with Gasteiger partial charge in [0.05, 0.1) is 5.69 Å². The second-order valence-electron chi connectivity index (χ2n) is 4.96. The summed E-state index contributed by atoms with van der Waals surface area (Å²) in [7, 11) is 0. The molecule has 4 heteroatoms. The summed E-state index contributed by atoms with van der Waals surface area (Å²) >= 11 is 0. The first-order valence-corrected chi connectivity index (χ1v) is 6.97. The van der Waals surface area contributed by atoms with Gasteiger partial charge in [0.15, 0.2) is 0 Å². The van der Waals surface area contributed by atoms with Crippen LogP contribution >= 0.6 is 0 Å². The number of hydrogen-bond donors (Lipinski definition) is 0. The molecule has 0 N–H and O–H groups in total. The summed E-state index contributed by atoms with van der Waals surface area (Å²) in [4.78, 5) is 8.79. The topological polar surface area (TPSA) is 30.2 Å². The van der Waals surface area contributed by atoms with Crippen molar-refractivity contribution in [2.24, 2.45) is 0 Å². The highest BCUT2D eigenvalue weighted by molar-refractivity contribution is 5.81. The summed E-state index contributed by atoms with van der Waals surface area (Å²) < 4.78 is 16.2. The molecular formula is C18H12FN3. The molecule has 106 valence electrons. The Morgan fingerprint density at radius 2 is 1.77 bits per heavy atom. The van der Waals surface area contributed by atoms with Crippen LogP contribution in [-0.4, -0.2) is 14.4 Å². The van der Waals surface area contributed by atoms with Crippen molar-refractivity contribution < 1.29 is 4.39 Å². The third-order valence-electron chi connectivity index (χ3n) is 3.59. The lowest BCUT2D eigenvalue weighted by Gasteiger charge is -2.06. The Bertz CT molecular complexity index is 945.